The van der Waals surface area contributed by atoms with Gasteiger partial charge in [-0.3, -0.25) is 9.69 Å². The number of hydrogen-bond donors (Lipinski definition) is 3. The molecule has 1 fully saturated rings. The van der Waals surface area contributed by atoms with Gasteiger partial charge < -0.3 is 16.2 Å². The number of nitrogens with two attached hydrogens (primary N) is 1. The minimum Gasteiger partial charge on any atom is -0.508 e. The van der Waals surface area contributed by atoms with Crippen molar-refractivity contribution in [1.82, 2.24) is 35.5 Å². The molecule has 0 saturated carbocycles. The normalized spacial score (nSPS) is 14.7. The Morgan fingerprint density at radius 1 is 1.17 bits per heavy atom. The van der Waals surface area contributed by atoms with Crippen molar-refractivity contribution >= 4 is 11.7 Å². The second kappa shape index (κ2) is 8.91. The molecule has 1 aromatic carbocycles. The summed E-state index contributed by atoms with van der Waals surface area (Å²) in [6, 6.07) is 6.88. The van der Waals surface area contributed by atoms with E-state index in [2.05, 4.69) is 30.8 Å². The first-order valence-corrected chi connectivity index (χ1v) is 9.93. The number of hydrogen-bond acceptors (Lipinski definition) is 9. The van der Waals surface area contributed by atoms with E-state index in [0.717, 1.165) is 31.5 Å². The smallest absolute Gasteiger partial charge is 0.273 e. The molecule has 0 atom stereocenters. The van der Waals surface area contributed by atoms with Crippen molar-refractivity contribution < 1.29 is 14.5 Å². The minimum absolute atomic E-state index is 0.0825. The summed E-state index contributed by atoms with van der Waals surface area (Å²) in [5, 5.41) is 27.8. The van der Waals surface area contributed by atoms with Crippen LogP contribution in [0.15, 0.2) is 28.9 Å². The molecule has 158 valence electrons. The quantitative estimate of drug-likeness (QED) is 0.514. The van der Waals surface area contributed by atoms with E-state index in [1.54, 1.807) is 12.1 Å². The van der Waals surface area contributed by atoms with Gasteiger partial charge in [-0.2, -0.15) is 4.68 Å². The van der Waals surface area contributed by atoms with Gasteiger partial charge in [-0.05, 0) is 60.4 Å². The van der Waals surface area contributed by atoms with Crippen molar-refractivity contribution in [2.75, 3.05) is 25.4 Å². The van der Waals surface area contributed by atoms with Crippen LogP contribution in [0.1, 0.15) is 41.0 Å². The van der Waals surface area contributed by atoms with Crippen LogP contribution in [-0.2, 0) is 13.0 Å². The van der Waals surface area contributed by atoms with Crippen LogP contribution in [0.2, 0.25) is 0 Å². The van der Waals surface area contributed by atoms with Gasteiger partial charge in [-0.1, -0.05) is 23.8 Å². The molecule has 11 nitrogen and oxygen atoms in total. The van der Waals surface area contributed by atoms with Crippen LogP contribution >= 0.6 is 0 Å². The fourth-order valence-corrected chi connectivity index (χ4v) is 3.52. The zero-order valence-electron chi connectivity index (χ0n) is 16.5. The SMILES string of the molecule is Nc1nonc1-n1nnc(C(=O)NCCc2ccc(O)cc2)c1CN1CCCCC1. The Labute approximate surface area is 172 Å². The number of nitrogens with one attached hydrogen (secondary N) is 1. The summed E-state index contributed by atoms with van der Waals surface area (Å²) in [7, 11) is 0. The fourth-order valence-electron chi connectivity index (χ4n) is 3.52. The lowest BCUT2D eigenvalue weighted by atomic mass is 10.1. The number of phenolic OH excluding ortho intramolecular Hbond substituents is 1. The lowest BCUT2D eigenvalue weighted by Crippen LogP contribution is -2.32. The lowest BCUT2D eigenvalue weighted by molar-refractivity contribution is 0.0946. The Bertz CT molecular complexity index is 992. The zero-order valence-corrected chi connectivity index (χ0v) is 16.5. The number of aromatic hydroxyl groups is 1. The van der Waals surface area contributed by atoms with Crippen molar-refractivity contribution in [2.45, 2.75) is 32.2 Å². The molecule has 11 heteroatoms. The van der Waals surface area contributed by atoms with E-state index in [0.29, 0.717) is 25.2 Å². The first-order chi connectivity index (χ1) is 14.6. The molecular formula is C19H24N8O3. The largest absolute Gasteiger partial charge is 0.508 e. The molecule has 1 aliphatic rings. The Hall–Kier alpha value is -3.47. The highest BCUT2D eigenvalue weighted by atomic mass is 16.6. The van der Waals surface area contributed by atoms with E-state index in [4.69, 9.17) is 10.4 Å². The van der Waals surface area contributed by atoms with Crippen molar-refractivity contribution in [1.29, 1.82) is 0 Å². The number of carbonyl (C=O) groups is 1. The Balaban J connectivity index is 1.50. The molecule has 3 heterocycles. The van der Waals surface area contributed by atoms with Gasteiger partial charge >= 0.3 is 0 Å². The highest BCUT2D eigenvalue weighted by Gasteiger charge is 2.25. The highest BCUT2D eigenvalue weighted by Crippen LogP contribution is 2.19. The second-order valence-electron chi connectivity index (χ2n) is 7.28. The monoisotopic (exact) mass is 412 g/mol. The van der Waals surface area contributed by atoms with E-state index in [1.807, 2.05) is 12.1 Å². The first-order valence-electron chi connectivity index (χ1n) is 9.93. The standard InChI is InChI=1S/C19H24N8O3/c20-17-18(24-30-23-17)27-15(12-26-10-2-1-3-11-26)16(22-25-27)19(29)21-9-8-13-4-6-14(28)7-5-13/h4-7,28H,1-3,8-12H2,(H2,20,23)(H,21,29). The van der Waals surface area contributed by atoms with E-state index in [-0.39, 0.29) is 29.0 Å². The number of nitrogens with zero attached hydrogens (tertiary/aromatic N) is 6. The maximum Gasteiger partial charge on any atom is 0.273 e. The molecule has 4 N–H and O–H groups in total. The minimum atomic E-state index is -0.318. The van der Waals surface area contributed by atoms with Crippen LogP contribution in [0.25, 0.3) is 5.82 Å². The number of anilines is 1. The van der Waals surface area contributed by atoms with Gasteiger partial charge in [-0.25, -0.2) is 4.63 Å². The van der Waals surface area contributed by atoms with Gasteiger partial charge in [0.05, 0.1) is 5.69 Å². The van der Waals surface area contributed by atoms with Gasteiger partial charge in [0.1, 0.15) is 5.75 Å². The zero-order chi connectivity index (χ0) is 20.9. The van der Waals surface area contributed by atoms with Crippen LogP contribution in [0.5, 0.6) is 5.75 Å². The van der Waals surface area contributed by atoms with Crippen molar-refractivity contribution in [3.8, 4) is 11.6 Å². The van der Waals surface area contributed by atoms with E-state index in [9.17, 15) is 9.90 Å². The molecule has 3 aromatic rings. The van der Waals surface area contributed by atoms with Gasteiger partial charge in [0.25, 0.3) is 5.91 Å². The maximum absolute atomic E-state index is 12.8. The second-order valence-corrected chi connectivity index (χ2v) is 7.28. The van der Waals surface area contributed by atoms with Crippen molar-refractivity contribution in [2.24, 2.45) is 0 Å². The van der Waals surface area contributed by atoms with Gasteiger partial charge in [0.2, 0.25) is 11.6 Å². The molecule has 0 bridgehead atoms. The number of amides is 1. The number of carbonyl (C=O) groups excluding carboxylic acids is 1. The number of piperidine rings is 1. The molecule has 2 aromatic heterocycles. The first kappa shape index (κ1) is 19.8. The third-order valence-corrected chi connectivity index (χ3v) is 5.13. The summed E-state index contributed by atoms with van der Waals surface area (Å²) >= 11 is 0. The van der Waals surface area contributed by atoms with Gasteiger partial charge in [0, 0.05) is 13.1 Å². The average Bonchev–Trinajstić information content (AvgIpc) is 3.36. The summed E-state index contributed by atoms with van der Waals surface area (Å²) in [5.41, 5.74) is 7.66. The van der Waals surface area contributed by atoms with Crippen LogP contribution in [-0.4, -0.2) is 60.9 Å². The number of nitrogen functional groups attached to an aromatic ring is 1. The van der Waals surface area contributed by atoms with Crippen LogP contribution < -0.4 is 11.1 Å². The number of rotatable bonds is 7. The molecule has 0 spiro atoms. The van der Waals surface area contributed by atoms with Gasteiger partial charge in [-0.15, -0.1) is 5.10 Å². The fraction of sp³-hybridized carbons (Fsp3) is 0.421. The molecule has 0 unspecified atom stereocenters. The van der Waals surface area contributed by atoms with Crippen LogP contribution in [0, 0.1) is 0 Å². The summed E-state index contributed by atoms with van der Waals surface area (Å²) in [5.74, 6) is 0.196. The molecule has 0 aliphatic carbocycles. The summed E-state index contributed by atoms with van der Waals surface area (Å²) in [6.07, 6.45) is 4.06. The topological polar surface area (TPSA) is 148 Å². The summed E-state index contributed by atoms with van der Waals surface area (Å²) < 4.78 is 6.12. The van der Waals surface area contributed by atoms with E-state index >= 15 is 0 Å². The Morgan fingerprint density at radius 3 is 2.63 bits per heavy atom. The molecule has 1 aliphatic heterocycles. The van der Waals surface area contributed by atoms with E-state index in [1.165, 1.54) is 11.1 Å². The van der Waals surface area contributed by atoms with E-state index < -0.39 is 0 Å². The van der Waals surface area contributed by atoms with Gasteiger partial charge in [0.15, 0.2) is 5.69 Å². The predicted molar refractivity (Wildman–Crippen MR) is 107 cm³/mol. The van der Waals surface area contributed by atoms with Crippen molar-refractivity contribution in [3.05, 3.63) is 41.2 Å². The lowest BCUT2D eigenvalue weighted by Gasteiger charge is -2.26. The highest BCUT2D eigenvalue weighted by molar-refractivity contribution is 5.93. The Kier molecular flexibility index (Phi) is 5.89. The summed E-state index contributed by atoms with van der Waals surface area (Å²) in [6.45, 7) is 2.81. The molecular weight excluding hydrogens is 388 g/mol. The molecule has 0 radical (unpaired) electrons. The van der Waals surface area contributed by atoms with Crippen LogP contribution in [0.3, 0.4) is 0 Å². The average molecular weight is 412 g/mol. The molecule has 30 heavy (non-hydrogen) atoms. The number of phenols is 1. The predicted octanol–water partition coefficient (Wildman–Crippen LogP) is 0.896. The Morgan fingerprint density at radius 2 is 1.93 bits per heavy atom. The molecule has 1 amide bonds. The molecule has 1 saturated heterocycles. The number of likely N-dealkylation sites (tertiary alicyclic amines) is 1. The number of benzene rings is 1. The summed E-state index contributed by atoms with van der Waals surface area (Å²) in [4.78, 5) is 15.1. The number of aromatic nitrogens is 5. The molecule has 4 rings (SSSR count). The van der Waals surface area contributed by atoms with Crippen LogP contribution in [0.4, 0.5) is 5.82 Å². The van der Waals surface area contributed by atoms with Crippen molar-refractivity contribution in [3.63, 3.8) is 0 Å². The third kappa shape index (κ3) is 4.40. The maximum atomic E-state index is 12.8. The third-order valence-electron chi connectivity index (χ3n) is 5.13.